The Morgan fingerprint density at radius 2 is 1.87 bits per heavy atom. The molecule has 1 aromatic heterocycles. The predicted octanol–water partition coefficient (Wildman–Crippen LogP) is 2.70. The van der Waals surface area contributed by atoms with E-state index in [9.17, 15) is 4.79 Å². The summed E-state index contributed by atoms with van der Waals surface area (Å²) in [6.07, 6.45) is 2.01. The van der Waals surface area contributed by atoms with Crippen LogP contribution in [0.5, 0.6) is 0 Å². The fraction of sp³-hybridized carbons (Fsp3) is 0.125. The van der Waals surface area contributed by atoms with Crippen molar-refractivity contribution in [1.82, 2.24) is 20.2 Å². The van der Waals surface area contributed by atoms with Crippen molar-refractivity contribution in [2.45, 2.75) is 11.4 Å². The van der Waals surface area contributed by atoms with Gasteiger partial charge in [-0.05, 0) is 35.7 Å². The zero-order valence-electron chi connectivity index (χ0n) is 12.5. The zero-order valence-corrected chi connectivity index (χ0v) is 13.3. The van der Waals surface area contributed by atoms with Gasteiger partial charge in [-0.25, -0.2) is 0 Å². The molecule has 0 unspecified atom stereocenters. The van der Waals surface area contributed by atoms with E-state index in [1.807, 2.05) is 60.9 Å². The molecule has 0 aliphatic carbocycles. The number of hydrogen-bond donors (Lipinski definition) is 1. The first-order chi connectivity index (χ1) is 11.2. The maximum absolute atomic E-state index is 12.0. The Bertz CT molecular complexity index is 786. The number of anilines is 1. The maximum Gasteiger partial charge on any atom is 0.248 e. The van der Waals surface area contributed by atoms with Crippen LogP contribution in [0.4, 0.5) is 5.69 Å². The summed E-state index contributed by atoms with van der Waals surface area (Å²) in [4.78, 5) is 14.5. The normalized spacial score (nSPS) is 10.5. The Hall–Kier alpha value is -2.67. The molecule has 0 bridgehead atoms. The first kappa shape index (κ1) is 15.2. The van der Waals surface area contributed by atoms with Crippen LogP contribution in [0.25, 0.3) is 11.4 Å². The van der Waals surface area contributed by atoms with E-state index >= 15 is 0 Å². The van der Waals surface area contributed by atoms with Gasteiger partial charge in [-0.1, -0.05) is 30.3 Å². The van der Waals surface area contributed by atoms with Gasteiger partial charge in [-0.2, -0.15) is 4.80 Å². The molecule has 3 rings (SSSR count). The average molecular weight is 325 g/mol. The number of hydrogen-bond acceptors (Lipinski definition) is 5. The van der Waals surface area contributed by atoms with Crippen molar-refractivity contribution in [2.75, 3.05) is 11.6 Å². The summed E-state index contributed by atoms with van der Waals surface area (Å²) in [5, 5.41) is 14.9. The lowest BCUT2D eigenvalue weighted by Crippen LogP contribution is -2.20. The summed E-state index contributed by atoms with van der Waals surface area (Å²) in [5.74, 6) is 0.307. The Morgan fingerprint density at radius 1 is 1.13 bits per heavy atom. The van der Waals surface area contributed by atoms with Gasteiger partial charge in [0.2, 0.25) is 11.7 Å². The number of tetrazole rings is 1. The molecule has 0 aliphatic heterocycles. The Labute approximate surface area is 137 Å². The molecular weight excluding hydrogens is 310 g/mol. The minimum absolute atomic E-state index is 0.0180. The molecule has 0 saturated carbocycles. The molecule has 0 aliphatic rings. The van der Waals surface area contributed by atoms with Crippen LogP contribution in [0, 0.1) is 0 Å². The van der Waals surface area contributed by atoms with E-state index in [2.05, 4.69) is 20.7 Å². The van der Waals surface area contributed by atoms with Gasteiger partial charge in [-0.15, -0.1) is 22.0 Å². The van der Waals surface area contributed by atoms with Gasteiger partial charge in [0, 0.05) is 16.1 Å². The van der Waals surface area contributed by atoms with Crippen LogP contribution in [0.15, 0.2) is 59.5 Å². The van der Waals surface area contributed by atoms with Gasteiger partial charge in [-0.3, -0.25) is 4.79 Å². The average Bonchev–Trinajstić information content (AvgIpc) is 3.04. The summed E-state index contributed by atoms with van der Waals surface area (Å²) in [5.41, 5.74) is 1.61. The van der Waals surface area contributed by atoms with Crippen molar-refractivity contribution in [1.29, 1.82) is 0 Å². The third-order valence-corrected chi connectivity index (χ3v) is 3.89. The number of aromatic nitrogens is 4. The molecule has 6 nitrogen and oxygen atoms in total. The fourth-order valence-electron chi connectivity index (χ4n) is 2.02. The van der Waals surface area contributed by atoms with E-state index in [1.165, 1.54) is 4.80 Å². The van der Waals surface area contributed by atoms with E-state index in [0.717, 1.165) is 16.1 Å². The van der Waals surface area contributed by atoms with Crippen molar-refractivity contribution >= 4 is 23.4 Å². The predicted molar refractivity (Wildman–Crippen MR) is 90.1 cm³/mol. The molecule has 1 N–H and O–H groups in total. The van der Waals surface area contributed by atoms with E-state index in [4.69, 9.17) is 0 Å². The highest BCUT2D eigenvalue weighted by Crippen LogP contribution is 2.17. The zero-order chi connectivity index (χ0) is 16.1. The molecule has 1 amide bonds. The number of nitrogens with one attached hydrogen (secondary N) is 1. The van der Waals surface area contributed by atoms with Gasteiger partial charge < -0.3 is 5.32 Å². The second kappa shape index (κ2) is 7.06. The van der Waals surface area contributed by atoms with Crippen LogP contribution >= 0.6 is 11.8 Å². The lowest BCUT2D eigenvalue weighted by atomic mass is 10.2. The monoisotopic (exact) mass is 325 g/mol. The number of amides is 1. The Kier molecular flexibility index (Phi) is 4.68. The molecule has 23 heavy (non-hydrogen) atoms. The van der Waals surface area contributed by atoms with Crippen LogP contribution in [-0.4, -0.2) is 32.4 Å². The van der Waals surface area contributed by atoms with Crippen LogP contribution in [0.1, 0.15) is 0 Å². The lowest BCUT2D eigenvalue weighted by Gasteiger charge is -2.05. The minimum Gasteiger partial charge on any atom is -0.324 e. The van der Waals surface area contributed by atoms with Crippen molar-refractivity contribution in [2.24, 2.45) is 0 Å². The molecular formula is C16H15N5OS. The van der Waals surface area contributed by atoms with Gasteiger partial charge >= 0.3 is 0 Å². The highest BCUT2D eigenvalue weighted by Gasteiger charge is 2.09. The first-order valence-corrected chi connectivity index (χ1v) is 8.24. The molecule has 2 aromatic carbocycles. The summed E-state index contributed by atoms with van der Waals surface area (Å²) < 4.78 is 0. The molecule has 0 fully saturated rings. The highest BCUT2D eigenvalue weighted by molar-refractivity contribution is 7.98. The van der Waals surface area contributed by atoms with E-state index < -0.39 is 0 Å². The Balaban J connectivity index is 1.63. The van der Waals surface area contributed by atoms with E-state index in [-0.39, 0.29) is 12.5 Å². The lowest BCUT2D eigenvalue weighted by molar-refractivity contribution is -0.117. The quantitative estimate of drug-likeness (QED) is 0.730. The van der Waals surface area contributed by atoms with Crippen LogP contribution in [-0.2, 0) is 11.3 Å². The summed E-state index contributed by atoms with van der Waals surface area (Å²) in [7, 11) is 0. The SMILES string of the molecule is CSc1ccc(NC(=O)Cn2nnc(-c3ccccc3)n2)cc1. The molecule has 0 radical (unpaired) electrons. The van der Waals surface area contributed by atoms with Crippen LogP contribution < -0.4 is 5.32 Å². The third kappa shape index (κ3) is 3.95. The molecule has 0 saturated heterocycles. The van der Waals surface area contributed by atoms with Crippen molar-refractivity contribution in [3.8, 4) is 11.4 Å². The van der Waals surface area contributed by atoms with Crippen LogP contribution in [0.2, 0.25) is 0 Å². The minimum atomic E-state index is -0.195. The van der Waals surface area contributed by atoms with Crippen molar-refractivity contribution < 1.29 is 4.79 Å². The fourth-order valence-corrected chi connectivity index (χ4v) is 2.42. The van der Waals surface area contributed by atoms with E-state index in [1.54, 1.807) is 11.8 Å². The second-order valence-corrected chi connectivity index (χ2v) is 5.67. The molecule has 3 aromatic rings. The number of nitrogens with zero attached hydrogens (tertiary/aromatic N) is 4. The largest absolute Gasteiger partial charge is 0.324 e. The highest BCUT2D eigenvalue weighted by atomic mass is 32.2. The summed E-state index contributed by atoms with van der Waals surface area (Å²) >= 11 is 1.65. The number of thioether (sulfide) groups is 1. The molecule has 116 valence electrons. The number of rotatable bonds is 5. The summed E-state index contributed by atoms with van der Waals surface area (Å²) in [6, 6.07) is 17.2. The summed E-state index contributed by atoms with van der Waals surface area (Å²) in [6.45, 7) is 0.0180. The van der Waals surface area contributed by atoms with Gasteiger partial charge in [0.1, 0.15) is 6.54 Å². The molecule has 0 spiro atoms. The Morgan fingerprint density at radius 3 is 2.57 bits per heavy atom. The molecule has 7 heteroatoms. The number of carbonyl (C=O) groups excluding carboxylic acids is 1. The van der Waals surface area contributed by atoms with Gasteiger partial charge in [0.25, 0.3) is 0 Å². The molecule has 1 heterocycles. The standard InChI is InChI=1S/C16H15N5OS/c1-23-14-9-7-13(8-10-14)17-15(22)11-21-19-16(18-20-21)12-5-3-2-4-6-12/h2-10H,11H2,1H3,(H,17,22). The van der Waals surface area contributed by atoms with Crippen molar-refractivity contribution in [3.05, 3.63) is 54.6 Å². The number of benzene rings is 2. The number of carbonyl (C=O) groups is 1. The van der Waals surface area contributed by atoms with E-state index in [0.29, 0.717) is 5.82 Å². The van der Waals surface area contributed by atoms with Crippen molar-refractivity contribution in [3.63, 3.8) is 0 Å². The molecule has 0 atom stereocenters. The smallest absolute Gasteiger partial charge is 0.248 e. The third-order valence-electron chi connectivity index (χ3n) is 3.14. The first-order valence-electron chi connectivity index (χ1n) is 7.02. The van der Waals surface area contributed by atoms with Gasteiger partial charge in [0.05, 0.1) is 0 Å². The topological polar surface area (TPSA) is 72.7 Å². The van der Waals surface area contributed by atoms with Crippen LogP contribution in [0.3, 0.4) is 0 Å². The van der Waals surface area contributed by atoms with Gasteiger partial charge in [0.15, 0.2) is 0 Å². The maximum atomic E-state index is 12.0. The second-order valence-electron chi connectivity index (χ2n) is 4.79.